The maximum Gasteiger partial charge on any atom is 0.123 e. The van der Waals surface area contributed by atoms with Crippen LogP contribution in [0.3, 0.4) is 0 Å². The average Bonchev–Trinajstić information content (AvgIpc) is 3.03. The van der Waals surface area contributed by atoms with Crippen LogP contribution in [0.4, 0.5) is 0 Å². The molecule has 1 saturated heterocycles. The van der Waals surface area contributed by atoms with Gasteiger partial charge < -0.3 is 20.1 Å². The highest BCUT2D eigenvalue weighted by atomic mass is 32.2. The van der Waals surface area contributed by atoms with Crippen LogP contribution in [0.1, 0.15) is 58.8 Å². The summed E-state index contributed by atoms with van der Waals surface area (Å²) in [6.07, 6.45) is 1.53. The molecule has 2 aliphatic heterocycles. The largest absolute Gasteiger partial charge is 0.508 e. The van der Waals surface area contributed by atoms with Crippen molar-refractivity contribution < 1.29 is 20.1 Å². The Morgan fingerprint density at radius 1 is 1.14 bits per heavy atom. The molecule has 1 fully saturated rings. The van der Waals surface area contributed by atoms with Crippen molar-refractivity contribution in [2.24, 2.45) is 0 Å². The molecule has 0 bridgehead atoms. The molecule has 3 N–H and O–H groups in total. The average molecular weight is 401 g/mol. The zero-order chi connectivity index (χ0) is 19.8. The van der Waals surface area contributed by atoms with Crippen LogP contribution in [-0.4, -0.2) is 39.9 Å². The molecule has 150 valence electrons. The topological polar surface area (TPSA) is 69.9 Å². The standard InChI is InChI=1S/C23H28O4S/c1-13-5-21(26)20(23-10-17(25)9-18(11-24)28-23)8-16(13)6-15-3-4-19-14(2)12-27-22(19)7-15/h3-5,7-8,14,17-18,23-26H,6,9-12H2,1-2H3. The summed E-state index contributed by atoms with van der Waals surface area (Å²) in [5.41, 5.74) is 5.54. The maximum absolute atomic E-state index is 10.6. The lowest BCUT2D eigenvalue weighted by Gasteiger charge is -2.32. The maximum atomic E-state index is 10.6. The first-order valence-corrected chi connectivity index (χ1v) is 10.9. The second kappa shape index (κ2) is 7.97. The zero-order valence-electron chi connectivity index (χ0n) is 16.4. The highest BCUT2D eigenvalue weighted by Gasteiger charge is 2.31. The number of fused-ring (bicyclic) bond motifs is 1. The van der Waals surface area contributed by atoms with E-state index >= 15 is 0 Å². The number of hydrogen-bond acceptors (Lipinski definition) is 5. The minimum atomic E-state index is -0.441. The summed E-state index contributed by atoms with van der Waals surface area (Å²) in [6.45, 7) is 4.99. The third kappa shape index (κ3) is 3.88. The fraction of sp³-hybridized carbons (Fsp3) is 0.478. The van der Waals surface area contributed by atoms with E-state index in [-0.39, 0.29) is 22.9 Å². The van der Waals surface area contributed by atoms with E-state index in [1.54, 1.807) is 11.8 Å². The first-order chi connectivity index (χ1) is 13.4. The molecule has 2 aliphatic rings. The second-order valence-corrected chi connectivity index (χ2v) is 9.66. The first-order valence-electron chi connectivity index (χ1n) is 9.97. The molecule has 2 aromatic carbocycles. The Kier molecular flexibility index (Phi) is 5.59. The fourth-order valence-electron chi connectivity index (χ4n) is 4.26. The van der Waals surface area contributed by atoms with Gasteiger partial charge in [0.1, 0.15) is 11.5 Å². The van der Waals surface area contributed by atoms with Crippen LogP contribution in [0.5, 0.6) is 11.5 Å². The van der Waals surface area contributed by atoms with Crippen molar-refractivity contribution in [2.75, 3.05) is 13.2 Å². The summed E-state index contributed by atoms with van der Waals surface area (Å²) in [5.74, 6) is 1.70. The number of benzene rings is 2. The lowest BCUT2D eigenvalue weighted by Crippen LogP contribution is -2.26. The van der Waals surface area contributed by atoms with Crippen LogP contribution in [0, 0.1) is 6.92 Å². The van der Waals surface area contributed by atoms with Gasteiger partial charge in [0, 0.05) is 27.5 Å². The van der Waals surface area contributed by atoms with Crippen molar-refractivity contribution in [1.82, 2.24) is 0 Å². The Hall–Kier alpha value is -1.69. The summed E-state index contributed by atoms with van der Waals surface area (Å²) in [5, 5.41) is 30.3. The molecule has 0 radical (unpaired) electrons. The summed E-state index contributed by atoms with van der Waals surface area (Å²) in [7, 11) is 0. The molecular weight excluding hydrogens is 372 g/mol. The van der Waals surface area contributed by atoms with E-state index in [9.17, 15) is 15.3 Å². The number of aryl methyl sites for hydroxylation is 1. The van der Waals surface area contributed by atoms with Crippen molar-refractivity contribution in [1.29, 1.82) is 0 Å². The van der Waals surface area contributed by atoms with Crippen molar-refractivity contribution in [2.45, 2.75) is 55.6 Å². The van der Waals surface area contributed by atoms with Gasteiger partial charge >= 0.3 is 0 Å². The number of aliphatic hydroxyl groups excluding tert-OH is 2. The van der Waals surface area contributed by atoms with Crippen LogP contribution in [0.2, 0.25) is 0 Å². The minimum Gasteiger partial charge on any atom is -0.508 e. The SMILES string of the molecule is Cc1cc(O)c(C2CC(O)CC(CO)S2)cc1Cc1ccc2c(c1)OCC2C. The highest BCUT2D eigenvalue weighted by molar-refractivity contribution is 8.00. The van der Waals surface area contributed by atoms with E-state index in [1.165, 1.54) is 16.7 Å². The summed E-state index contributed by atoms with van der Waals surface area (Å²) in [4.78, 5) is 0. The summed E-state index contributed by atoms with van der Waals surface area (Å²) >= 11 is 1.65. The molecule has 4 atom stereocenters. The van der Waals surface area contributed by atoms with Crippen LogP contribution in [0.15, 0.2) is 30.3 Å². The number of ether oxygens (including phenoxy) is 1. The Bertz CT molecular complexity index is 866. The van der Waals surface area contributed by atoms with Gasteiger partial charge in [0.15, 0.2) is 0 Å². The van der Waals surface area contributed by atoms with Gasteiger partial charge in [-0.2, -0.15) is 0 Å². The Balaban J connectivity index is 1.61. The van der Waals surface area contributed by atoms with E-state index in [1.807, 2.05) is 13.0 Å². The highest BCUT2D eigenvalue weighted by Crippen LogP contribution is 2.46. The lowest BCUT2D eigenvalue weighted by atomic mass is 9.93. The van der Waals surface area contributed by atoms with Gasteiger partial charge in [0.05, 0.1) is 19.3 Å². The lowest BCUT2D eigenvalue weighted by molar-refractivity contribution is 0.137. The predicted molar refractivity (Wildman–Crippen MR) is 112 cm³/mol. The molecule has 4 nitrogen and oxygen atoms in total. The molecule has 0 aliphatic carbocycles. The molecule has 2 heterocycles. The van der Waals surface area contributed by atoms with E-state index < -0.39 is 6.10 Å². The van der Waals surface area contributed by atoms with Crippen LogP contribution in [-0.2, 0) is 6.42 Å². The van der Waals surface area contributed by atoms with Crippen molar-refractivity contribution in [3.05, 3.63) is 58.1 Å². The smallest absolute Gasteiger partial charge is 0.123 e. The number of hydrogen-bond donors (Lipinski definition) is 3. The van der Waals surface area contributed by atoms with Crippen molar-refractivity contribution in [3.8, 4) is 11.5 Å². The summed E-state index contributed by atoms with van der Waals surface area (Å²) < 4.78 is 5.80. The quantitative estimate of drug-likeness (QED) is 0.722. The Morgan fingerprint density at radius 2 is 1.96 bits per heavy atom. The van der Waals surface area contributed by atoms with Gasteiger partial charge in [0.25, 0.3) is 0 Å². The summed E-state index contributed by atoms with van der Waals surface area (Å²) in [6, 6.07) is 10.4. The normalized spacial score (nSPS) is 26.7. The van der Waals surface area contributed by atoms with Crippen molar-refractivity contribution in [3.63, 3.8) is 0 Å². The van der Waals surface area contributed by atoms with Gasteiger partial charge in [-0.05, 0) is 55.0 Å². The molecule has 28 heavy (non-hydrogen) atoms. The Labute approximate surface area is 170 Å². The molecule has 5 heteroatoms. The van der Waals surface area contributed by atoms with E-state index in [0.29, 0.717) is 18.8 Å². The third-order valence-corrected chi connectivity index (χ3v) is 7.41. The number of aromatic hydroxyl groups is 1. The Morgan fingerprint density at radius 3 is 2.75 bits per heavy atom. The first kappa shape index (κ1) is 19.6. The number of aliphatic hydroxyl groups is 2. The molecule has 0 saturated carbocycles. The van der Waals surface area contributed by atoms with Crippen LogP contribution in [0.25, 0.3) is 0 Å². The third-order valence-electron chi connectivity index (χ3n) is 5.91. The number of thioether (sulfide) groups is 1. The molecule has 0 aromatic heterocycles. The minimum absolute atomic E-state index is 0.00810. The number of rotatable bonds is 4. The van der Waals surface area contributed by atoms with E-state index in [0.717, 1.165) is 29.9 Å². The molecule has 4 unspecified atom stereocenters. The van der Waals surface area contributed by atoms with Crippen LogP contribution >= 0.6 is 11.8 Å². The van der Waals surface area contributed by atoms with Gasteiger partial charge in [-0.1, -0.05) is 25.1 Å². The van der Waals surface area contributed by atoms with Gasteiger partial charge in [-0.3, -0.25) is 0 Å². The molecule has 0 amide bonds. The van der Waals surface area contributed by atoms with Gasteiger partial charge in [0.2, 0.25) is 0 Å². The molecule has 2 aromatic rings. The number of phenolic OH excluding ortho intramolecular Hbond substituents is 1. The molecular formula is C23H28O4S. The van der Waals surface area contributed by atoms with E-state index in [4.69, 9.17) is 4.74 Å². The second-order valence-electron chi connectivity index (χ2n) is 8.15. The van der Waals surface area contributed by atoms with Crippen molar-refractivity contribution >= 4 is 11.8 Å². The molecule has 0 spiro atoms. The van der Waals surface area contributed by atoms with Gasteiger partial charge in [-0.25, -0.2) is 0 Å². The predicted octanol–water partition coefficient (Wildman–Crippen LogP) is 4.08. The van der Waals surface area contributed by atoms with Gasteiger partial charge in [-0.15, -0.1) is 11.8 Å². The van der Waals surface area contributed by atoms with Crippen LogP contribution < -0.4 is 4.74 Å². The zero-order valence-corrected chi connectivity index (χ0v) is 17.2. The monoisotopic (exact) mass is 400 g/mol. The molecule has 4 rings (SSSR count). The fourth-order valence-corrected chi connectivity index (χ4v) is 5.81. The van der Waals surface area contributed by atoms with E-state index in [2.05, 4.69) is 31.2 Å². The number of phenols is 1.